The number of carbonyl (C=O) groups is 2. The minimum Gasteiger partial charge on any atom is -0.348 e. The highest BCUT2D eigenvalue weighted by Gasteiger charge is 2.28. The Kier molecular flexibility index (Phi) is 8.80. The third kappa shape index (κ3) is 9.04. The van der Waals surface area contributed by atoms with Gasteiger partial charge < -0.3 is 16.0 Å². The summed E-state index contributed by atoms with van der Waals surface area (Å²) in [5.74, 6) is -0.789. The number of benzene rings is 2. The number of carbonyl (C=O) groups excluding carboxylic acids is 2. The van der Waals surface area contributed by atoms with E-state index in [0.29, 0.717) is 23.2 Å². The van der Waals surface area contributed by atoms with Crippen molar-refractivity contribution in [2.45, 2.75) is 19.1 Å². The summed E-state index contributed by atoms with van der Waals surface area (Å²) >= 11 is 0. The molecule has 0 fully saturated rings. The van der Waals surface area contributed by atoms with Gasteiger partial charge >= 0.3 is 12.2 Å². The van der Waals surface area contributed by atoms with Crippen LogP contribution >= 0.6 is 0 Å². The van der Waals surface area contributed by atoms with E-state index in [9.17, 15) is 27.2 Å². The largest absolute Gasteiger partial charge is 0.401 e. The van der Waals surface area contributed by atoms with Crippen LogP contribution < -0.4 is 16.0 Å². The second-order valence-corrected chi connectivity index (χ2v) is 6.94. The number of alkyl halides is 3. The van der Waals surface area contributed by atoms with Gasteiger partial charge in [0.05, 0.1) is 6.54 Å². The van der Waals surface area contributed by atoms with Crippen LogP contribution in [0.2, 0.25) is 0 Å². The van der Waals surface area contributed by atoms with Gasteiger partial charge in [-0.2, -0.15) is 13.2 Å². The zero-order valence-electron chi connectivity index (χ0n) is 16.9. The SMILES string of the molecule is CN(CCCNC(=O)Nc1ccc(C(=O)NCc2ccccc2F)cc1)CC(F)(F)F. The first-order valence-corrected chi connectivity index (χ1v) is 9.56. The topological polar surface area (TPSA) is 73.5 Å². The molecular weight excluding hydrogens is 416 g/mol. The molecule has 0 atom stereocenters. The average Bonchev–Trinajstić information content (AvgIpc) is 2.69. The quantitative estimate of drug-likeness (QED) is 0.411. The molecule has 0 aromatic heterocycles. The minimum absolute atomic E-state index is 0.0477. The number of hydrogen-bond acceptors (Lipinski definition) is 3. The molecule has 0 bridgehead atoms. The van der Waals surface area contributed by atoms with Gasteiger partial charge in [-0.15, -0.1) is 0 Å². The van der Waals surface area contributed by atoms with Crippen molar-refractivity contribution >= 4 is 17.6 Å². The zero-order valence-corrected chi connectivity index (χ0v) is 16.9. The summed E-state index contributed by atoms with van der Waals surface area (Å²) in [7, 11) is 1.36. The molecule has 10 heteroatoms. The van der Waals surface area contributed by atoms with E-state index in [-0.39, 0.29) is 25.5 Å². The monoisotopic (exact) mass is 440 g/mol. The Bertz CT molecular complexity index is 872. The molecule has 0 spiro atoms. The second kappa shape index (κ2) is 11.3. The predicted octanol–water partition coefficient (Wildman–Crippen LogP) is 3.76. The lowest BCUT2D eigenvalue weighted by Gasteiger charge is -2.18. The lowest BCUT2D eigenvalue weighted by Crippen LogP contribution is -2.34. The molecule has 6 nitrogen and oxygen atoms in total. The van der Waals surface area contributed by atoms with Crippen LogP contribution in [-0.2, 0) is 6.54 Å². The van der Waals surface area contributed by atoms with Crippen molar-refractivity contribution in [2.75, 3.05) is 32.0 Å². The van der Waals surface area contributed by atoms with Crippen molar-refractivity contribution in [1.29, 1.82) is 0 Å². The van der Waals surface area contributed by atoms with E-state index in [1.54, 1.807) is 18.2 Å². The molecule has 0 aliphatic heterocycles. The van der Waals surface area contributed by atoms with Crippen LogP contribution in [0.15, 0.2) is 48.5 Å². The number of amides is 3. The molecule has 2 aromatic carbocycles. The summed E-state index contributed by atoms with van der Waals surface area (Å²) in [6.07, 6.45) is -3.89. The Balaban J connectivity index is 1.72. The molecule has 0 aliphatic carbocycles. The van der Waals surface area contributed by atoms with E-state index in [1.807, 2.05) is 0 Å². The maximum Gasteiger partial charge on any atom is 0.401 e. The Morgan fingerprint density at radius 1 is 1.00 bits per heavy atom. The van der Waals surface area contributed by atoms with Crippen LogP contribution in [0.25, 0.3) is 0 Å². The van der Waals surface area contributed by atoms with Gasteiger partial charge in [-0.1, -0.05) is 18.2 Å². The van der Waals surface area contributed by atoms with E-state index in [2.05, 4.69) is 16.0 Å². The molecule has 2 rings (SSSR count). The summed E-state index contributed by atoms with van der Waals surface area (Å²) in [4.78, 5) is 25.2. The standard InChI is InChI=1S/C21H24F4N4O2/c1-29(14-21(23,24)25)12-4-11-26-20(31)28-17-9-7-15(8-10-17)19(30)27-13-16-5-2-3-6-18(16)22/h2-3,5-10H,4,11-14H2,1H3,(H,27,30)(H2,26,28,31). The van der Waals surface area contributed by atoms with Gasteiger partial charge in [0.2, 0.25) is 0 Å². The van der Waals surface area contributed by atoms with Gasteiger partial charge in [0.25, 0.3) is 5.91 Å². The average molecular weight is 440 g/mol. The molecule has 0 unspecified atom stereocenters. The highest BCUT2D eigenvalue weighted by Crippen LogP contribution is 2.15. The first-order valence-electron chi connectivity index (χ1n) is 9.56. The fraction of sp³-hybridized carbons (Fsp3) is 0.333. The third-order valence-electron chi connectivity index (χ3n) is 4.25. The number of halogens is 4. The molecule has 3 N–H and O–H groups in total. The number of hydrogen-bond donors (Lipinski definition) is 3. The molecule has 0 saturated carbocycles. The van der Waals surface area contributed by atoms with Crippen LogP contribution in [0.4, 0.5) is 28.0 Å². The molecule has 3 amide bonds. The highest BCUT2D eigenvalue weighted by atomic mass is 19.4. The van der Waals surface area contributed by atoms with Crippen LogP contribution in [-0.4, -0.2) is 49.7 Å². The van der Waals surface area contributed by atoms with E-state index in [1.165, 1.54) is 37.4 Å². The molecule has 0 heterocycles. The molecule has 0 aliphatic rings. The number of rotatable bonds is 9. The predicted molar refractivity (Wildman–Crippen MR) is 109 cm³/mol. The van der Waals surface area contributed by atoms with E-state index >= 15 is 0 Å². The number of nitrogens with zero attached hydrogens (tertiary/aromatic N) is 1. The minimum atomic E-state index is -4.25. The first-order chi connectivity index (χ1) is 14.6. The number of urea groups is 1. The summed E-state index contributed by atoms with van der Waals surface area (Å²) in [6, 6.07) is 11.7. The molecule has 31 heavy (non-hydrogen) atoms. The number of anilines is 1. The van der Waals surface area contributed by atoms with Crippen LogP contribution in [0.1, 0.15) is 22.3 Å². The third-order valence-corrected chi connectivity index (χ3v) is 4.25. The van der Waals surface area contributed by atoms with Crippen molar-refractivity contribution in [3.63, 3.8) is 0 Å². The van der Waals surface area contributed by atoms with Crippen molar-refractivity contribution < 1.29 is 27.2 Å². The smallest absolute Gasteiger partial charge is 0.348 e. The first kappa shape index (κ1) is 24.1. The van der Waals surface area contributed by atoms with Gasteiger partial charge in [-0.25, -0.2) is 9.18 Å². The Morgan fingerprint density at radius 2 is 1.68 bits per heavy atom. The molecule has 0 saturated heterocycles. The second-order valence-electron chi connectivity index (χ2n) is 6.94. The molecule has 0 radical (unpaired) electrons. The van der Waals surface area contributed by atoms with Crippen LogP contribution in [0, 0.1) is 5.82 Å². The molecule has 2 aromatic rings. The van der Waals surface area contributed by atoms with Crippen LogP contribution in [0.3, 0.4) is 0 Å². The van der Waals surface area contributed by atoms with Crippen LogP contribution in [0.5, 0.6) is 0 Å². The maximum absolute atomic E-state index is 13.6. The van der Waals surface area contributed by atoms with E-state index < -0.39 is 24.6 Å². The van der Waals surface area contributed by atoms with Gasteiger partial charge in [-0.05, 0) is 50.3 Å². The highest BCUT2D eigenvalue weighted by molar-refractivity contribution is 5.95. The zero-order chi connectivity index (χ0) is 22.9. The van der Waals surface area contributed by atoms with Gasteiger partial charge in [0.1, 0.15) is 5.82 Å². The Morgan fingerprint density at radius 3 is 2.32 bits per heavy atom. The van der Waals surface area contributed by atoms with Crippen molar-refractivity contribution in [1.82, 2.24) is 15.5 Å². The van der Waals surface area contributed by atoms with Crippen molar-refractivity contribution in [3.05, 3.63) is 65.5 Å². The number of nitrogens with one attached hydrogen (secondary N) is 3. The van der Waals surface area contributed by atoms with Gasteiger partial charge in [0, 0.05) is 29.9 Å². The summed E-state index contributed by atoms with van der Waals surface area (Å²) in [5.41, 5.74) is 1.16. The van der Waals surface area contributed by atoms with E-state index in [4.69, 9.17) is 0 Å². The summed E-state index contributed by atoms with van der Waals surface area (Å²) in [5, 5.41) is 7.75. The molecule has 168 valence electrons. The summed E-state index contributed by atoms with van der Waals surface area (Å²) in [6.45, 7) is -0.549. The lowest BCUT2D eigenvalue weighted by atomic mass is 10.1. The van der Waals surface area contributed by atoms with E-state index in [0.717, 1.165) is 4.90 Å². The van der Waals surface area contributed by atoms with Gasteiger partial charge in [-0.3, -0.25) is 9.69 Å². The fourth-order valence-electron chi connectivity index (χ4n) is 2.74. The fourth-order valence-corrected chi connectivity index (χ4v) is 2.74. The summed E-state index contributed by atoms with van der Waals surface area (Å²) < 4.78 is 50.3. The molecular formula is C21H24F4N4O2. The van der Waals surface area contributed by atoms with Crippen molar-refractivity contribution in [2.24, 2.45) is 0 Å². The normalized spacial score (nSPS) is 11.3. The van der Waals surface area contributed by atoms with Gasteiger partial charge in [0.15, 0.2) is 0 Å². The Hall–Kier alpha value is -3.14. The Labute approximate surface area is 177 Å². The maximum atomic E-state index is 13.6. The van der Waals surface area contributed by atoms with Crippen molar-refractivity contribution in [3.8, 4) is 0 Å². The lowest BCUT2D eigenvalue weighted by molar-refractivity contribution is -0.143.